The smallest absolute Gasteiger partial charge is 0.226 e. The number of fused-ring (bicyclic) bond motifs is 1. The number of ether oxygens (including phenoxy) is 2. The van der Waals surface area contributed by atoms with E-state index in [1.54, 1.807) is 4.90 Å². The highest BCUT2D eigenvalue weighted by molar-refractivity contribution is 5.83. The van der Waals surface area contributed by atoms with Crippen LogP contribution < -0.4 is 9.47 Å². The lowest BCUT2D eigenvalue weighted by atomic mass is 10.1. The normalized spacial score (nSPS) is 26.5. The molecule has 0 radical (unpaired) electrons. The van der Waals surface area contributed by atoms with Crippen LogP contribution in [0, 0.1) is 17.3 Å². The van der Waals surface area contributed by atoms with Gasteiger partial charge < -0.3 is 14.4 Å². The van der Waals surface area contributed by atoms with Crippen LogP contribution in [-0.2, 0) is 4.79 Å². The molecule has 130 valence electrons. The second-order valence-corrected chi connectivity index (χ2v) is 7.79. The van der Waals surface area contributed by atoms with Crippen LogP contribution in [0.1, 0.15) is 27.7 Å². The van der Waals surface area contributed by atoms with Gasteiger partial charge in [0.05, 0.1) is 12.5 Å². The molecule has 0 spiro atoms. The van der Waals surface area contributed by atoms with Crippen molar-refractivity contribution in [2.75, 3.05) is 20.2 Å². The maximum atomic E-state index is 12.8. The fourth-order valence-corrected chi connectivity index (χ4v) is 3.61. The summed E-state index contributed by atoms with van der Waals surface area (Å²) in [6.07, 6.45) is 2.10. The van der Waals surface area contributed by atoms with E-state index in [0.29, 0.717) is 19.1 Å². The standard InChI is InChI=1S/C20H27NO3/c1-13(2)10-15-18(20(15,3)4)19(22)21(5)11-14-12-23-16-8-6-7-9-17(16)24-14/h6-10,14-15,18H,11-12H2,1-5H3/t14-,15-,18-/m1/s1. The second kappa shape index (κ2) is 6.15. The predicted molar refractivity (Wildman–Crippen MR) is 94.2 cm³/mol. The maximum Gasteiger partial charge on any atom is 0.226 e. The Hall–Kier alpha value is -1.97. The van der Waals surface area contributed by atoms with Crippen LogP contribution in [0.3, 0.4) is 0 Å². The Balaban J connectivity index is 1.61. The van der Waals surface area contributed by atoms with Gasteiger partial charge in [-0.2, -0.15) is 0 Å². The maximum absolute atomic E-state index is 12.8. The third-order valence-corrected chi connectivity index (χ3v) is 5.11. The summed E-state index contributed by atoms with van der Waals surface area (Å²) in [7, 11) is 1.86. The van der Waals surface area contributed by atoms with Gasteiger partial charge in [0, 0.05) is 7.05 Å². The van der Waals surface area contributed by atoms with Gasteiger partial charge in [0.15, 0.2) is 17.6 Å². The van der Waals surface area contributed by atoms with E-state index in [9.17, 15) is 4.79 Å². The highest BCUT2D eigenvalue weighted by Gasteiger charge is 2.61. The van der Waals surface area contributed by atoms with E-state index in [4.69, 9.17) is 9.47 Å². The lowest BCUT2D eigenvalue weighted by molar-refractivity contribution is -0.133. The molecule has 1 fully saturated rings. The van der Waals surface area contributed by atoms with Crippen molar-refractivity contribution in [2.24, 2.45) is 17.3 Å². The van der Waals surface area contributed by atoms with Crippen LogP contribution in [0.4, 0.5) is 0 Å². The Morgan fingerprint density at radius 1 is 1.29 bits per heavy atom. The number of carbonyl (C=O) groups is 1. The van der Waals surface area contributed by atoms with E-state index in [2.05, 4.69) is 33.8 Å². The molecule has 3 rings (SSSR count). The number of likely N-dealkylation sites (N-methyl/N-ethyl adjacent to an activating group) is 1. The van der Waals surface area contributed by atoms with Crippen molar-refractivity contribution in [1.29, 1.82) is 0 Å². The van der Waals surface area contributed by atoms with Crippen molar-refractivity contribution in [3.8, 4) is 11.5 Å². The van der Waals surface area contributed by atoms with Gasteiger partial charge in [-0.1, -0.05) is 37.6 Å². The van der Waals surface area contributed by atoms with Crippen molar-refractivity contribution in [3.05, 3.63) is 35.9 Å². The van der Waals surface area contributed by atoms with Crippen LogP contribution in [0.25, 0.3) is 0 Å². The summed E-state index contributed by atoms with van der Waals surface area (Å²) in [5.74, 6) is 2.12. The first-order chi connectivity index (χ1) is 11.3. The number of nitrogens with zero attached hydrogens (tertiary/aromatic N) is 1. The third-order valence-electron chi connectivity index (χ3n) is 5.11. The molecule has 0 bridgehead atoms. The molecular weight excluding hydrogens is 302 g/mol. The number of rotatable bonds is 4. The molecule has 0 N–H and O–H groups in total. The minimum absolute atomic E-state index is 0.0408. The van der Waals surface area contributed by atoms with Crippen molar-refractivity contribution in [3.63, 3.8) is 0 Å². The topological polar surface area (TPSA) is 38.8 Å². The Morgan fingerprint density at radius 3 is 2.62 bits per heavy atom. The molecule has 0 aromatic heterocycles. The van der Waals surface area contributed by atoms with Crippen LogP contribution in [-0.4, -0.2) is 37.1 Å². The van der Waals surface area contributed by atoms with E-state index >= 15 is 0 Å². The SMILES string of the molecule is CC(C)=C[C@@H]1[C@H](C(=O)N(C)C[C@@H]2COc3ccccc3O2)C1(C)C. The molecule has 1 aliphatic heterocycles. The molecule has 1 aromatic rings. The molecule has 1 amide bonds. The van der Waals surface area contributed by atoms with Gasteiger partial charge in [-0.3, -0.25) is 4.79 Å². The van der Waals surface area contributed by atoms with Gasteiger partial charge in [-0.05, 0) is 37.3 Å². The van der Waals surface area contributed by atoms with Gasteiger partial charge in [0.1, 0.15) is 6.61 Å². The monoisotopic (exact) mass is 329 g/mol. The Kier molecular flexibility index (Phi) is 4.33. The van der Waals surface area contributed by atoms with Gasteiger partial charge in [0.2, 0.25) is 5.91 Å². The molecule has 3 atom stereocenters. The first-order valence-electron chi connectivity index (χ1n) is 8.59. The molecule has 0 unspecified atom stereocenters. The molecule has 1 aromatic carbocycles. The van der Waals surface area contributed by atoms with Gasteiger partial charge >= 0.3 is 0 Å². The van der Waals surface area contributed by atoms with Crippen molar-refractivity contribution >= 4 is 5.91 Å². The zero-order valence-corrected chi connectivity index (χ0v) is 15.2. The summed E-state index contributed by atoms with van der Waals surface area (Å²) < 4.78 is 11.7. The fourth-order valence-electron chi connectivity index (χ4n) is 3.61. The average molecular weight is 329 g/mol. The number of para-hydroxylation sites is 2. The summed E-state index contributed by atoms with van der Waals surface area (Å²) in [5, 5.41) is 0. The first-order valence-corrected chi connectivity index (χ1v) is 8.59. The number of hydrogen-bond donors (Lipinski definition) is 0. The van der Waals surface area contributed by atoms with E-state index in [-0.39, 0.29) is 23.3 Å². The predicted octanol–water partition coefficient (Wildman–Crippen LogP) is 3.52. The largest absolute Gasteiger partial charge is 0.486 e. The summed E-state index contributed by atoms with van der Waals surface area (Å²) in [6, 6.07) is 7.65. The molecule has 4 nitrogen and oxygen atoms in total. The van der Waals surface area contributed by atoms with Gasteiger partial charge in [-0.25, -0.2) is 0 Å². The summed E-state index contributed by atoms with van der Waals surface area (Å²) >= 11 is 0. The lowest BCUT2D eigenvalue weighted by Crippen LogP contribution is -2.42. The third kappa shape index (κ3) is 3.14. The number of amides is 1. The van der Waals surface area contributed by atoms with Crippen LogP contribution in [0.15, 0.2) is 35.9 Å². The molecule has 1 saturated carbocycles. The number of carbonyl (C=O) groups excluding carboxylic acids is 1. The average Bonchev–Trinajstić information content (AvgIpc) is 3.06. The molecule has 4 heteroatoms. The molecule has 24 heavy (non-hydrogen) atoms. The lowest BCUT2D eigenvalue weighted by Gasteiger charge is -2.29. The van der Waals surface area contributed by atoms with Crippen LogP contribution >= 0.6 is 0 Å². The summed E-state index contributed by atoms with van der Waals surface area (Å²) in [4.78, 5) is 14.6. The Morgan fingerprint density at radius 2 is 1.96 bits per heavy atom. The van der Waals surface area contributed by atoms with Gasteiger partial charge in [-0.15, -0.1) is 0 Å². The quantitative estimate of drug-likeness (QED) is 0.793. The number of hydrogen-bond acceptors (Lipinski definition) is 3. The van der Waals surface area contributed by atoms with Crippen molar-refractivity contribution in [2.45, 2.75) is 33.8 Å². The minimum atomic E-state index is -0.127. The number of benzene rings is 1. The summed E-state index contributed by atoms with van der Waals surface area (Å²) in [5.41, 5.74) is 1.31. The van der Waals surface area contributed by atoms with Crippen LogP contribution in [0.2, 0.25) is 0 Å². The fraction of sp³-hybridized carbons (Fsp3) is 0.550. The second-order valence-electron chi connectivity index (χ2n) is 7.79. The van der Waals surface area contributed by atoms with E-state index in [1.807, 2.05) is 31.3 Å². The van der Waals surface area contributed by atoms with Gasteiger partial charge in [0.25, 0.3) is 0 Å². The van der Waals surface area contributed by atoms with E-state index < -0.39 is 0 Å². The Labute approximate surface area is 144 Å². The van der Waals surface area contributed by atoms with Crippen LogP contribution in [0.5, 0.6) is 11.5 Å². The minimum Gasteiger partial charge on any atom is -0.486 e. The first kappa shape index (κ1) is 16.9. The van der Waals surface area contributed by atoms with Crippen molar-refractivity contribution in [1.82, 2.24) is 4.90 Å². The molecular formula is C20H27NO3. The number of allylic oxidation sites excluding steroid dienone is 2. The van der Waals surface area contributed by atoms with E-state index in [1.165, 1.54) is 5.57 Å². The molecule has 0 saturated heterocycles. The molecule has 1 heterocycles. The van der Waals surface area contributed by atoms with E-state index in [0.717, 1.165) is 11.5 Å². The molecule has 2 aliphatic rings. The zero-order valence-electron chi connectivity index (χ0n) is 15.2. The highest BCUT2D eigenvalue weighted by Crippen LogP contribution is 2.60. The summed E-state index contributed by atoms with van der Waals surface area (Å²) in [6.45, 7) is 9.53. The molecule has 1 aliphatic carbocycles. The Bertz CT molecular complexity index is 661. The van der Waals surface area contributed by atoms with Crippen molar-refractivity contribution < 1.29 is 14.3 Å². The highest BCUT2D eigenvalue weighted by atomic mass is 16.6. The zero-order chi connectivity index (χ0) is 17.5.